The van der Waals surface area contributed by atoms with Crippen LogP contribution in [0, 0.1) is 5.92 Å². The number of aromatic nitrogens is 1. The Bertz CT molecular complexity index is 1830. The Morgan fingerprint density at radius 2 is 1.86 bits per heavy atom. The summed E-state index contributed by atoms with van der Waals surface area (Å²) in [6.45, 7) is 1.56. The summed E-state index contributed by atoms with van der Waals surface area (Å²) in [5, 5.41) is 56.5. The number of thiazole rings is 1. The number of phenols is 2. The topological polar surface area (TPSA) is 298 Å². The average Bonchev–Trinajstić information content (AvgIpc) is 3.74. The number of carbonyl (C=O) groups excluding carboxylic acids is 4. The monoisotopic (exact) mass is 720 g/mol. The number of phenolic OH excluding ortho intramolecular Hbond substituents is 2. The number of aromatic hydroxyl groups is 2. The number of nitrogens with one attached hydrogen (secondary N) is 1. The van der Waals surface area contributed by atoms with E-state index in [1.54, 1.807) is 0 Å². The maximum Gasteiger partial charge on any atom is 0.350 e. The molecule has 0 radical (unpaired) electrons. The third-order valence-electron chi connectivity index (χ3n) is 7.85. The first-order valence-corrected chi connectivity index (χ1v) is 15.9. The van der Waals surface area contributed by atoms with Crippen molar-refractivity contribution in [2.75, 3.05) is 25.4 Å². The molecule has 22 heteroatoms. The van der Waals surface area contributed by atoms with Gasteiger partial charge in [-0.25, -0.2) is 24.4 Å². The predicted molar refractivity (Wildman–Crippen MR) is 167 cm³/mol. The number of fused-ring (bicyclic) bond motifs is 1. The SMILES string of the molecule is CC(C)(O/N=C(\C(=O)C[C@@H]1C(=O)N2C[C@@](C(=O)O)(N3CCN(NC(=O)/C(=N\O)c4ccc(O)c(O)c4)C3=O)S[C@H]12)c1csc(N)n1)C(=O)O. The molecule has 1 aromatic heterocycles. The lowest BCUT2D eigenvalue weighted by Crippen LogP contribution is -2.60. The molecule has 3 aliphatic rings. The Morgan fingerprint density at radius 1 is 1.14 bits per heavy atom. The summed E-state index contributed by atoms with van der Waals surface area (Å²) in [4.78, 5) is 86.5. The molecule has 260 valence electrons. The third kappa shape index (κ3) is 6.22. The summed E-state index contributed by atoms with van der Waals surface area (Å²) >= 11 is 1.74. The van der Waals surface area contributed by atoms with E-state index in [4.69, 9.17) is 10.6 Å². The van der Waals surface area contributed by atoms with Crippen molar-refractivity contribution in [2.24, 2.45) is 16.2 Å². The summed E-state index contributed by atoms with van der Waals surface area (Å²) in [7, 11) is 0. The number of ketones is 1. The predicted octanol–water partition coefficient (Wildman–Crippen LogP) is -0.361. The van der Waals surface area contributed by atoms with Gasteiger partial charge in [0.1, 0.15) is 5.69 Å². The number of carbonyl (C=O) groups is 6. The summed E-state index contributed by atoms with van der Waals surface area (Å²) in [6.07, 6.45) is -0.484. The number of urea groups is 1. The van der Waals surface area contributed by atoms with Gasteiger partial charge in [-0.15, -0.1) is 11.3 Å². The number of aliphatic carboxylic acids is 2. The molecule has 5 rings (SSSR count). The zero-order valence-corrected chi connectivity index (χ0v) is 27.1. The van der Waals surface area contributed by atoms with Crippen molar-refractivity contribution in [1.82, 2.24) is 25.2 Å². The Labute approximate surface area is 283 Å². The molecule has 0 spiro atoms. The Hall–Kier alpha value is -5.64. The molecule has 4 amide bonds. The molecular formula is C27H28N8O12S2. The lowest BCUT2D eigenvalue weighted by atomic mass is 9.90. The van der Waals surface area contributed by atoms with Crippen molar-refractivity contribution in [3.8, 4) is 11.5 Å². The van der Waals surface area contributed by atoms with Crippen molar-refractivity contribution < 1.29 is 59.2 Å². The van der Waals surface area contributed by atoms with E-state index in [1.807, 2.05) is 0 Å². The van der Waals surface area contributed by atoms with Crippen LogP contribution < -0.4 is 11.2 Å². The number of Topliss-reactive ketones (excluding diaryl/α,β-unsaturated/α-hetero) is 1. The van der Waals surface area contributed by atoms with Gasteiger partial charge < -0.3 is 41.1 Å². The molecule has 20 nitrogen and oxygen atoms in total. The summed E-state index contributed by atoms with van der Waals surface area (Å²) < 4.78 is 0. The summed E-state index contributed by atoms with van der Waals surface area (Å²) in [5.41, 5.74) is 4.95. The quantitative estimate of drug-likeness (QED) is 0.0484. The lowest BCUT2D eigenvalue weighted by molar-refractivity contribution is -0.161. The van der Waals surface area contributed by atoms with Crippen LogP contribution in [0.2, 0.25) is 0 Å². The number of anilines is 1. The van der Waals surface area contributed by atoms with Gasteiger partial charge in [0, 0.05) is 23.9 Å². The normalized spacial score (nSPS) is 22.5. The van der Waals surface area contributed by atoms with Crippen LogP contribution in [-0.4, -0.2) is 128 Å². The minimum atomic E-state index is -2.01. The number of hydrogen-bond donors (Lipinski definition) is 7. The van der Waals surface area contributed by atoms with E-state index >= 15 is 0 Å². The van der Waals surface area contributed by atoms with Gasteiger partial charge in [-0.1, -0.05) is 22.1 Å². The highest BCUT2D eigenvalue weighted by Gasteiger charge is 2.66. The van der Waals surface area contributed by atoms with Crippen LogP contribution in [0.1, 0.15) is 31.5 Å². The minimum absolute atomic E-state index is 0.0160. The fourth-order valence-corrected chi connectivity index (χ4v) is 7.38. The van der Waals surface area contributed by atoms with Crippen LogP contribution in [0.25, 0.3) is 0 Å². The van der Waals surface area contributed by atoms with E-state index in [0.29, 0.717) is 0 Å². The first kappa shape index (κ1) is 34.7. The Balaban J connectivity index is 1.31. The molecule has 4 heterocycles. The molecule has 3 aliphatic heterocycles. The van der Waals surface area contributed by atoms with Gasteiger partial charge in [0.15, 0.2) is 33.8 Å². The number of rotatable bonds is 12. The molecule has 49 heavy (non-hydrogen) atoms. The number of oxime groups is 2. The fourth-order valence-electron chi connectivity index (χ4n) is 5.14. The largest absolute Gasteiger partial charge is 0.504 e. The van der Waals surface area contributed by atoms with Crippen molar-refractivity contribution in [2.45, 2.75) is 36.1 Å². The van der Waals surface area contributed by atoms with Gasteiger partial charge in [0.05, 0.1) is 24.4 Å². The second kappa shape index (κ2) is 12.8. The van der Waals surface area contributed by atoms with E-state index in [2.05, 4.69) is 20.7 Å². The zero-order valence-electron chi connectivity index (χ0n) is 25.5. The average molecular weight is 721 g/mol. The van der Waals surface area contributed by atoms with E-state index in [-0.39, 0.29) is 29.5 Å². The third-order valence-corrected chi connectivity index (χ3v) is 10.3. The fraction of sp³-hybridized carbons (Fsp3) is 0.370. The lowest BCUT2D eigenvalue weighted by Gasteiger charge is -2.40. The second-order valence-electron chi connectivity index (χ2n) is 11.4. The number of nitrogens with two attached hydrogens (primary N) is 1. The molecular weight excluding hydrogens is 692 g/mol. The molecule has 1 aromatic carbocycles. The molecule has 8 N–H and O–H groups in total. The number of β-lactam (4-membered cyclic amide) rings is 1. The number of nitrogen functional groups attached to an aromatic ring is 1. The number of thioether (sulfide) groups is 1. The number of carboxylic acids is 2. The van der Waals surface area contributed by atoms with Gasteiger partial charge in [-0.05, 0) is 32.0 Å². The van der Waals surface area contributed by atoms with E-state index < -0.39 is 93.2 Å². The Morgan fingerprint density at radius 3 is 2.45 bits per heavy atom. The van der Waals surface area contributed by atoms with Crippen LogP contribution in [0.5, 0.6) is 11.5 Å². The molecule has 3 atom stereocenters. The maximum absolute atomic E-state index is 13.4. The van der Waals surface area contributed by atoms with E-state index in [0.717, 1.165) is 45.1 Å². The van der Waals surface area contributed by atoms with Crippen molar-refractivity contribution in [3.63, 3.8) is 0 Å². The zero-order chi connectivity index (χ0) is 36.0. The minimum Gasteiger partial charge on any atom is -0.504 e. The Kier molecular flexibility index (Phi) is 9.03. The number of nitrogens with zero attached hydrogens (tertiary/aromatic N) is 6. The highest BCUT2D eigenvalue weighted by molar-refractivity contribution is 8.02. The molecule has 0 bridgehead atoms. The number of benzene rings is 1. The maximum atomic E-state index is 13.4. The summed E-state index contributed by atoms with van der Waals surface area (Å²) in [6, 6.07) is 2.21. The van der Waals surface area contributed by atoms with Gasteiger partial charge in [0.2, 0.25) is 16.4 Å². The molecule has 2 aromatic rings. The number of hydrazine groups is 1. The van der Waals surface area contributed by atoms with E-state index in [9.17, 15) is 54.4 Å². The van der Waals surface area contributed by atoms with Crippen molar-refractivity contribution in [1.29, 1.82) is 0 Å². The number of amides is 4. The van der Waals surface area contributed by atoms with Gasteiger partial charge in [-0.3, -0.25) is 24.7 Å². The van der Waals surface area contributed by atoms with Crippen LogP contribution in [0.3, 0.4) is 0 Å². The van der Waals surface area contributed by atoms with Crippen molar-refractivity contribution in [3.05, 3.63) is 34.8 Å². The molecule has 3 fully saturated rings. The van der Waals surface area contributed by atoms with Crippen LogP contribution in [0.15, 0.2) is 33.9 Å². The molecule has 0 unspecified atom stereocenters. The smallest absolute Gasteiger partial charge is 0.350 e. The highest BCUT2D eigenvalue weighted by Crippen LogP contribution is 2.52. The van der Waals surface area contributed by atoms with Crippen LogP contribution >= 0.6 is 23.1 Å². The second-order valence-corrected chi connectivity index (χ2v) is 13.7. The first-order valence-electron chi connectivity index (χ1n) is 14.1. The first-order chi connectivity index (χ1) is 23.0. The van der Waals surface area contributed by atoms with Gasteiger partial charge >= 0.3 is 18.0 Å². The standard InChI is InChI=1S/C27H28N8O12S2/c1-26(2,22(41)42)47-32-18(13-9-48-24(28)29-13)16(38)8-12-20(40)33-10-27(23(43)44,49-21(12)33)34-5-6-35(25(34)45)30-19(39)17(31-46)11-3-4-14(36)15(37)7-11/h3-4,7,9,12,21,36-37,46H,5-6,8,10H2,1-2H3,(H2,28,29)(H,30,39)(H,41,42)(H,43,44)/b31-17-,32-18-/t12-,21-,27-/m1/s1. The van der Waals surface area contributed by atoms with Crippen LogP contribution in [-0.2, 0) is 28.8 Å². The number of hydrogen-bond acceptors (Lipinski definition) is 16. The van der Waals surface area contributed by atoms with Gasteiger partial charge in [-0.2, -0.15) is 0 Å². The molecule has 0 aliphatic carbocycles. The van der Waals surface area contributed by atoms with E-state index in [1.165, 1.54) is 30.2 Å². The van der Waals surface area contributed by atoms with Gasteiger partial charge in [0.25, 0.3) is 5.91 Å². The molecule has 0 saturated carbocycles. The highest BCUT2D eigenvalue weighted by atomic mass is 32.2. The van der Waals surface area contributed by atoms with Crippen LogP contribution in [0.4, 0.5) is 9.93 Å². The summed E-state index contributed by atoms with van der Waals surface area (Å²) in [5.74, 6) is -7.42. The number of carboxylic acid groups (broad SMARTS) is 2. The molecule has 3 saturated heterocycles. The van der Waals surface area contributed by atoms with Crippen molar-refractivity contribution >= 4 is 75.2 Å².